The number of rotatable bonds is 5. The molecule has 0 N–H and O–H groups in total. The normalized spacial score (nSPS) is 26.2. The van der Waals surface area contributed by atoms with Crippen LogP contribution in [0.1, 0.15) is 30.6 Å². The summed E-state index contributed by atoms with van der Waals surface area (Å²) in [4.78, 5) is 39.1. The van der Waals surface area contributed by atoms with E-state index in [0.29, 0.717) is 11.1 Å². The molecule has 4 rings (SSSR count). The van der Waals surface area contributed by atoms with E-state index in [-0.39, 0.29) is 6.42 Å². The van der Waals surface area contributed by atoms with Crippen LogP contribution in [-0.2, 0) is 33.7 Å². The summed E-state index contributed by atoms with van der Waals surface area (Å²) in [5.74, 6) is -2.61. The van der Waals surface area contributed by atoms with Gasteiger partial charge in [0.2, 0.25) is 5.91 Å². The Morgan fingerprint density at radius 1 is 1.03 bits per heavy atom. The molecule has 2 aliphatic heterocycles. The SMILES string of the molecule is COC(=O)[C@@]1(C)[C@H](C(=O)OC(c2ccccc2)c2ccccc2)N2C(=O)C[C@H]2S1(=O)=O. The Kier molecular flexibility index (Phi) is 5.09. The number of hydrogen-bond donors (Lipinski definition) is 0. The summed E-state index contributed by atoms with van der Waals surface area (Å²) in [7, 11) is -3.16. The molecule has 0 radical (unpaired) electrons. The van der Waals surface area contributed by atoms with Gasteiger partial charge in [0, 0.05) is 0 Å². The van der Waals surface area contributed by atoms with Crippen molar-refractivity contribution in [2.75, 3.05) is 7.11 Å². The number of fused-ring (bicyclic) bond motifs is 1. The van der Waals surface area contributed by atoms with Gasteiger partial charge in [-0.3, -0.25) is 9.59 Å². The van der Waals surface area contributed by atoms with Gasteiger partial charge in [-0.05, 0) is 18.1 Å². The van der Waals surface area contributed by atoms with Crippen LogP contribution in [-0.4, -0.2) is 54.4 Å². The number of sulfone groups is 1. The zero-order chi connectivity index (χ0) is 22.4. The number of β-lactam (4-membered cyclic amide) rings is 1. The van der Waals surface area contributed by atoms with Gasteiger partial charge >= 0.3 is 11.9 Å². The zero-order valence-corrected chi connectivity index (χ0v) is 17.7. The minimum Gasteiger partial charge on any atom is -0.468 e. The molecule has 2 aromatic rings. The lowest BCUT2D eigenvalue weighted by Crippen LogP contribution is -2.59. The first kappa shape index (κ1) is 21.0. The molecule has 2 saturated heterocycles. The molecule has 0 aliphatic carbocycles. The zero-order valence-electron chi connectivity index (χ0n) is 16.9. The van der Waals surface area contributed by atoms with E-state index < -0.39 is 49.9 Å². The Labute approximate surface area is 179 Å². The standard InChI is InChI=1S/C22H21NO7S/c1-22(21(26)29-2)19(23-16(24)13-17(23)31(22,27)28)20(25)30-18(14-9-5-3-6-10-14)15-11-7-4-8-12-15/h3-12,17-19H,13H2,1-2H3/t17-,19+,22-/m1/s1. The van der Waals surface area contributed by atoms with Crippen molar-refractivity contribution in [2.45, 2.75) is 35.6 Å². The Hall–Kier alpha value is -3.20. The second-order valence-electron chi connectivity index (χ2n) is 7.64. The van der Waals surface area contributed by atoms with E-state index in [9.17, 15) is 22.8 Å². The van der Waals surface area contributed by atoms with Gasteiger partial charge in [-0.15, -0.1) is 0 Å². The lowest BCUT2D eigenvalue weighted by atomic mass is 9.95. The fourth-order valence-corrected chi connectivity index (χ4v) is 6.51. The number of amides is 1. The van der Waals surface area contributed by atoms with Crippen LogP contribution < -0.4 is 0 Å². The molecule has 0 spiro atoms. The van der Waals surface area contributed by atoms with Gasteiger partial charge in [0.25, 0.3) is 0 Å². The number of hydrogen-bond acceptors (Lipinski definition) is 7. The van der Waals surface area contributed by atoms with Crippen LogP contribution >= 0.6 is 0 Å². The molecule has 0 saturated carbocycles. The third kappa shape index (κ3) is 3.03. The highest BCUT2D eigenvalue weighted by molar-refractivity contribution is 7.94. The second kappa shape index (κ2) is 7.49. The number of carbonyl (C=O) groups excluding carboxylic acids is 3. The molecule has 3 atom stereocenters. The van der Waals surface area contributed by atoms with Crippen LogP contribution in [0.2, 0.25) is 0 Å². The van der Waals surface area contributed by atoms with Gasteiger partial charge in [-0.1, -0.05) is 60.7 Å². The molecule has 9 heteroatoms. The monoisotopic (exact) mass is 443 g/mol. The second-order valence-corrected chi connectivity index (χ2v) is 10.1. The minimum absolute atomic E-state index is 0.278. The van der Waals surface area contributed by atoms with E-state index in [0.717, 1.165) is 18.9 Å². The summed E-state index contributed by atoms with van der Waals surface area (Å²) in [5, 5.41) is -1.24. The molecule has 2 heterocycles. The predicted molar refractivity (Wildman–Crippen MR) is 109 cm³/mol. The Morgan fingerprint density at radius 2 is 1.55 bits per heavy atom. The number of carbonyl (C=O) groups is 3. The minimum atomic E-state index is -4.20. The van der Waals surface area contributed by atoms with Crippen LogP contribution in [0.5, 0.6) is 0 Å². The Balaban J connectivity index is 1.76. The van der Waals surface area contributed by atoms with Gasteiger partial charge < -0.3 is 14.4 Å². The summed E-state index contributed by atoms with van der Waals surface area (Å²) in [5.41, 5.74) is 1.32. The summed E-state index contributed by atoms with van der Waals surface area (Å²) >= 11 is 0. The van der Waals surface area contributed by atoms with E-state index in [1.165, 1.54) is 0 Å². The highest BCUT2D eigenvalue weighted by Gasteiger charge is 2.74. The van der Waals surface area contributed by atoms with E-state index in [2.05, 4.69) is 0 Å². The summed E-state index contributed by atoms with van der Waals surface area (Å²) in [6.07, 6.45) is -1.13. The van der Waals surface area contributed by atoms with Crippen molar-refractivity contribution < 1.29 is 32.3 Å². The molecule has 0 unspecified atom stereocenters. The van der Waals surface area contributed by atoms with Crippen molar-refractivity contribution in [2.24, 2.45) is 0 Å². The van der Waals surface area contributed by atoms with Crippen LogP contribution in [0.4, 0.5) is 0 Å². The molecule has 1 amide bonds. The maximum absolute atomic E-state index is 13.4. The van der Waals surface area contributed by atoms with Gasteiger partial charge in [0.05, 0.1) is 13.5 Å². The fourth-order valence-electron chi connectivity index (χ4n) is 4.21. The summed E-state index contributed by atoms with van der Waals surface area (Å²) < 4.78 is 34.4. The van der Waals surface area contributed by atoms with Crippen molar-refractivity contribution in [1.82, 2.24) is 4.90 Å². The number of methoxy groups -OCH3 is 1. The third-order valence-corrected chi connectivity index (χ3v) is 8.63. The number of benzene rings is 2. The fraction of sp³-hybridized carbons (Fsp3) is 0.318. The van der Waals surface area contributed by atoms with E-state index in [4.69, 9.17) is 9.47 Å². The van der Waals surface area contributed by atoms with Gasteiger partial charge in [-0.2, -0.15) is 0 Å². The molecule has 2 aliphatic rings. The quantitative estimate of drug-likeness (QED) is 0.510. The highest BCUT2D eigenvalue weighted by atomic mass is 32.2. The van der Waals surface area contributed by atoms with Crippen LogP contribution in [0.15, 0.2) is 60.7 Å². The Bertz CT molecular complexity index is 1090. The van der Waals surface area contributed by atoms with Crippen LogP contribution in [0, 0.1) is 0 Å². The van der Waals surface area contributed by atoms with E-state index in [1.54, 1.807) is 48.5 Å². The average molecular weight is 443 g/mol. The average Bonchev–Trinajstić information content (AvgIpc) is 2.93. The predicted octanol–water partition coefficient (Wildman–Crippen LogP) is 1.61. The first-order valence-corrected chi connectivity index (χ1v) is 11.2. The maximum Gasteiger partial charge on any atom is 0.332 e. The lowest BCUT2D eigenvalue weighted by Gasteiger charge is -2.36. The van der Waals surface area contributed by atoms with Crippen molar-refractivity contribution in [1.29, 1.82) is 0 Å². The number of nitrogens with zero attached hydrogens (tertiary/aromatic N) is 1. The topological polar surface area (TPSA) is 107 Å². The van der Waals surface area contributed by atoms with Crippen molar-refractivity contribution in [3.05, 3.63) is 71.8 Å². The first-order chi connectivity index (χ1) is 14.7. The summed E-state index contributed by atoms with van der Waals surface area (Å²) in [6.45, 7) is 1.12. The molecule has 31 heavy (non-hydrogen) atoms. The third-order valence-electron chi connectivity index (χ3n) is 5.95. The molecular formula is C22H21NO7S. The summed E-state index contributed by atoms with van der Waals surface area (Å²) in [6, 6.07) is 16.2. The van der Waals surface area contributed by atoms with Gasteiger partial charge in [0.15, 0.2) is 26.7 Å². The lowest BCUT2D eigenvalue weighted by molar-refractivity contribution is -0.167. The van der Waals surface area contributed by atoms with Crippen LogP contribution in [0.3, 0.4) is 0 Å². The highest BCUT2D eigenvalue weighted by Crippen LogP contribution is 2.47. The number of esters is 2. The van der Waals surface area contributed by atoms with Gasteiger partial charge in [0.1, 0.15) is 5.37 Å². The molecule has 2 aromatic carbocycles. The Morgan fingerprint density at radius 3 is 2.00 bits per heavy atom. The molecule has 2 fully saturated rings. The molecular weight excluding hydrogens is 422 g/mol. The molecule has 162 valence electrons. The maximum atomic E-state index is 13.4. The van der Waals surface area contributed by atoms with E-state index >= 15 is 0 Å². The smallest absolute Gasteiger partial charge is 0.332 e. The largest absolute Gasteiger partial charge is 0.468 e. The molecule has 8 nitrogen and oxygen atoms in total. The molecule has 0 bridgehead atoms. The van der Waals surface area contributed by atoms with Crippen molar-refractivity contribution in [3.63, 3.8) is 0 Å². The van der Waals surface area contributed by atoms with Crippen molar-refractivity contribution in [3.8, 4) is 0 Å². The van der Waals surface area contributed by atoms with Gasteiger partial charge in [-0.25, -0.2) is 13.2 Å². The van der Waals surface area contributed by atoms with E-state index in [1.807, 2.05) is 12.1 Å². The van der Waals surface area contributed by atoms with Crippen LogP contribution in [0.25, 0.3) is 0 Å². The molecule has 0 aromatic heterocycles. The first-order valence-electron chi connectivity index (χ1n) is 9.67. The number of ether oxygens (including phenoxy) is 2. The van der Waals surface area contributed by atoms with Crippen molar-refractivity contribution >= 4 is 27.7 Å².